The highest BCUT2D eigenvalue weighted by atomic mass is 15.2. The quantitative estimate of drug-likeness (QED) is 0.548. The van der Waals surface area contributed by atoms with Crippen LogP contribution in [0.25, 0.3) is 0 Å². The van der Waals surface area contributed by atoms with Gasteiger partial charge in [0.1, 0.15) is 0 Å². The number of nitrogens with one attached hydrogen (secondary N) is 1. The van der Waals surface area contributed by atoms with Crippen LogP contribution >= 0.6 is 0 Å². The first-order chi connectivity index (χ1) is 4.34. The summed E-state index contributed by atoms with van der Waals surface area (Å²) in [6.07, 6.45) is 1.92. The van der Waals surface area contributed by atoms with Crippen LogP contribution in [0.5, 0.6) is 0 Å². The first kappa shape index (κ1) is 6.62. The Labute approximate surface area is 56.5 Å². The van der Waals surface area contributed by atoms with Gasteiger partial charge in [-0.1, -0.05) is 6.58 Å². The van der Waals surface area contributed by atoms with E-state index in [1.807, 2.05) is 6.20 Å². The molecule has 0 aromatic rings. The average molecular weight is 126 g/mol. The van der Waals surface area contributed by atoms with Gasteiger partial charge in [-0.15, -0.1) is 0 Å². The van der Waals surface area contributed by atoms with E-state index in [1.165, 1.54) is 0 Å². The van der Waals surface area contributed by atoms with E-state index in [4.69, 9.17) is 0 Å². The fourth-order valence-electron chi connectivity index (χ4n) is 1.13. The lowest BCUT2D eigenvalue weighted by Gasteiger charge is -2.32. The van der Waals surface area contributed by atoms with Crippen LogP contribution in [0.3, 0.4) is 0 Å². The van der Waals surface area contributed by atoms with E-state index in [-0.39, 0.29) is 0 Å². The van der Waals surface area contributed by atoms with Gasteiger partial charge in [-0.2, -0.15) is 0 Å². The molecule has 0 aromatic heterocycles. The van der Waals surface area contributed by atoms with Gasteiger partial charge in [-0.3, -0.25) is 0 Å². The van der Waals surface area contributed by atoms with Gasteiger partial charge < -0.3 is 10.2 Å². The predicted molar refractivity (Wildman–Crippen MR) is 39.2 cm³/mol. The van der Waals surface area contributed by atoms with Crippen molar-refractivity contribution in [2.24, 2.45) is 0 Å². The summed E-state index contributed by atoms with van der Waals surface area (Å²) in [6, 6.07) is 0.622. The molecule has 1 N–H and O–H groups in total. The van der Waals surface area contributed by atoms with Crippen LogP contribution in [0.15, 0.2) is 12.8 Å². The van der Waals surface area contributed by atoms with Crippen molar-refractivity contribution in [1.82, 2.24) is 10.2 Å². The minimum absolute atomic E-state index is 0.622. The Bertz CT molecular complexity index is 101. The van der Waals surface area contributed by atoms with Gasteiger partial charge in [-0.25, -0.2) is 0 Å². The largest absolute Gasteiger partial charge is 0.373 e. The Hall–Kier alpha value is -0.500. The highest BCUT2D eigenvalue weighted by molar-refractivity contribution is 4.82. The summed E-state index contributed by atoms with van der Waals surface area (Å²) in [5.41, 5.74) is 0. The fourth-order valence-corrected chi connectivity index (χ4v) is 1.13. The van der Waals surface area contributed by atoms with Crippen molar-refractivity contribution in [3.63, 3.8) is 0 Å². The highest BCUT2D eigenvalue weighted by Gasteiger charge is 2.12. The van der Waals surface area contributed by atoms with Crippen LogP contribution in [0.4, 0.5) is 0 Å². The molecule has 0 aromatic carbocycles. The molecule has 0 saturated carbocycles. The van der Waals surface area contributed by atoms with Crippen molar-refractivity contribution in [3.05, 3.63) is 12.8 Å². The Morgan fingerprint density at radius 2 is 2.56 bits per heavy atom. The van der Waals surface area contributed by atoms with E-state index in [0.29, 0.717) is 6.04 Å². The lowest BCUT2D eigenvalue weighted by molar-refractivity contribution is 0.245. The van der Waals surface area contributed by atoms with Gasteiger partial charge in [0.05, 0.1) is 0 Å². The van der Waals surface area contributed by atoms with Gasteiger partial charge in [-0.05, 0) is 13.1 Å². The van der Waals surface area contributed by atoms with Gasteiger partial charge in [0.25, 0.3) is 0 Å². The van der Waals surface area contributed by atoms with E-state index in [1.54, 1.807) is 0 Å². The second-order valence-electron chi connectivity index (χ2n) is 2.47. The molecule has 0 aliphatic carbocycles. The van der Waals surface area contributed by atoms with Crippen molar-refractivity contribution in [2.45, 2.75) is 13.0 Å². The molecular weight excluding hydrogens is 112 g/mol. The van der Waals surface area contributed by atoms with Crippen molar-refractivity contribution in [1.29, 1.82) is 0 Å². The van der Waals surface area contributed by atoms with Crippen molar-refractivity contribution in [2.75, 3.05) is 19.6 Å². The molecule has 0 radical (unpaired) electrons. The zero-order valence-corrected chi connectivity index (χ0v) is 5.93. The van der Waals surface area contributed by atoms with Crippen LogP contribution in [0, 0.1) is 0 Å². The Balaban J connectivity index is 2.38. The molecule has 9 heavy (non-hydrogen) atoms. The van der Waals surface area contributed by atoms with E-state index >= 15 is 0 Å². The summed E-state index contributed by atoms with van der Waals surface area (Å²) in [7, 11) is 0. The summed E-state index contributed by atoms with van der Waals surface area (Å²) in [6.45, 7) is 9.22. The van der Waals surface area contributed by atoms with E-state index in [0.717, 1.165) is 19.6 Å². The molecule has 1 fully saturated rings. The minimum Gasteiger partial charge on any atom is -0.373 e. The molecule has 2 nitrogen and oxygen atoms in total. The van der Waals surface area contributed by atoms with Crippen LogP contribution in [0.1, 0.15) is 6.92 Å². The molecule has 1 aliphatic rings. The molecule has 52 valence electrons. The average Bonchev–Trinajstić information content (AvgIpc) is 1.89. The first-order valence-corrected chi connectivity index (χ1v) is 3.43. The zero-order chi connectivity index (χ0) is 6.69. The van der Waals surface area contributed by atoms with Crippen LogP contribution < -0.4 is 5.32 Å². The molecule has 0 unspecified atom stereocenters. The number of piperazine rings is 1. The lowest BCUT2D eigenvalue weighted by atomic mass is 10.2. The Morgan fingerprint density at radius 1 is 1.78 bits per heavy atom. The highest BCUT2D eigenvalue weighted by Crippen LogP contribution is 2.00. The Morgan fingerprint density at radius 3 is 3.00 bits per heavy atom. The lowest BCUT2D eigenvalue weighted by Crippen LogP contribution is -2.46. The van der Waals surface area contributed by atoms with Gasteiger partial charge >= 0.3 is 0 Å². The van der Waals surface area contributed by atoms with Gasteiger partial charge in [0.15, 0.2) is 0 Å². The molecule has 1 aliphatic heterocycles. The monoisotopic (exact) mass is 126 g/mol. The summed E-state index contributed by atoms with van der Waals surface area (Å²) in [5.74, 6) is 0. The molecule has 0 spiro atoms. The molecule has 1 rings (SSSR count). The second kappa shape index (κ2) is 2.87. The third-order valence-corrected chi connectivity index (χ3v) is 1.79. The maximum absolute atomic E-state index is 3.73. The summed E-state index contributed by atoms with van der Waals surface area (Å²) in [5, 5.41) is 3.31. The van der Waals surface area contributed by atoms with E-state index < -0.39 is 0 Å². The summed E-state index contributed by atoms with van der Waals surface area (Å²) >= 11 is 0. The van der Waals surface area contributed by atoms with Crippen LogP contribution in [-0.2, 0) is 0 Å². The van der Waals surface area contributed by atoms with E-state index in [9.17, 15) is 0 Å². The van der Waals surface area contributed by atoms with Crippen molar-refractivity contribution >= 4 is 0 Å². The maximum Gasteiger partial charge on any atom is 0.0381 e. The molecule has 0 amide bonds. The predicted octanol–water partition coefficient (Wildman–Crippen LogP) is 0.424. The normalized spacial score (nSPS) is 28.1. The molecule has 1 atom stereocenters. The fraction of sp³-hybridized carbons (Fsp3) is 0.714. The van der Waals surface area contributed by atoms with Gasteiger partial charge in [0.2, 0.25) is 0 Å². The molecule has 1 saturated heterocycles. The SMILES string of the molecule is C=CN1CCNC[C@@H]1C. The number of hydrogen-bond acceptors (Lipinski definition) is 2. The van der Waals surface area contributed by atoms with Crippen molar-refractivity contribution in [3.8, 4) is 0 Å². The zero-order valence-electron chi connectivity index (χ0n) is 5.93. The molecule has 0 bridgehead atoms. The van der Waals surface area contributed by atoms with Gasteiger partial charge in [0, 0.05) is 25.7 Å². The summed E-state index contributed by atoms with van der Waals surface area (Å²) in [4.78, 5) is 2.26. The van der Waals surface area contributed by atoms with Crippen molar-refractivity contribution < 1.29 is 0 Å². The molecular formula is C7H14N2. The number of nitrogens with zero attached hydrogens (tertiary/aromatic N) is 1. The molecule has 1 heterocycles. The van der Waals surface area contributed by atoms with Crippen LogP contribution in [0.2, 0.25) is 0 Å². The minimum atomic E-state index is 0.622. The van der Waals surface area contributed by atoms with Crippen LogP contribution in [-0.4, -0.2) is 30.6 Å². The first-order valence-electron chi connectivity index (χ1n) is 3.43. The second-order valence-corrected chi connectivity index (χ2v) is 2.47. The Kier molecular flexibility index (Phi) is 2.11. The van der Waals surface area contributed by atoms with E-state index in [2.05, 4.69) is 23.7 Å². The third kappa shape index (κ3) is 1.45. The standard InChI is InChI=1S/C7H14N2/c1-3-9-5-4-8-6-7(9)2/h3,7-8H,1,4-6H2,2H3/t7-/m0/s1. The topological polar surface area (TPSA) is 15.3 Å². The third-order valence-electron chi connectivity index (χ3n) is 1.79. The maximum atomic E-state index is 3.73. The smallest absolute Gasteiger partial charge is 0.0381 e. The number of hydrogen-bond donors (Lipinski definition) is 1. The molecule has 2 heteroatoms. The summed E-state index contributed by atoms with van der Waals surface area (Å²) < 4.78 is 0. The number of rotatable bonds is 1.